The molecule has 3 rings (SSSR count). The molecule has 3 aromatic rings. The van der Waals surface area contributed by atoms with Crippen molar-refractivity contribution in [2.75, 3.05) is 12.3 Å². The van der Waals surface area contributed by atoms with Crippen molar-refractivity contribution in [3.05, 3.63) is 77.6 Å². The van der Waals surface area contributed by atoms with Crippen LogP contribution in [0.3, 0.4) is 0 Å². The van der Waals surface area contributed by atoms with E-state index in [1.165, 1.54) is 5.56 Å². The van der Waals surface area contributed by atoms with E-state index in [0.717, 1.165) is 23.4 Å². The third-order valence-electron chi connectivity index (χ3n) is 3.57. The summed E-state index contributed by atoms with van der Waals surface area (Å²) in [6, 6.07) is 18.1. The summed E-state index contributed by atoms with van der Waals surface area (Å²) in [5, 5.41) is 4.35. The molecule has 0 aliphatic heterocycles. The average molecular weight is 320 g/mol. The van der Waals surface area contributed by atoms with E-state index >= 15 is 0 Å². The number of nitrogen functional groups attached to an aromatic ring is 1. The van der Waals surface area contributed by atoms with Gasteiger partial charge in [0.05, 0.1) is 24.7 Å². The first-order chi connectivity index (χ1) is 11.7. The lowest BCUT2D eigenvalue weighted by Gasteiger charge is -2.09. The maximum Gasteiger partial charge on any atom is 0.221 e. The minimum atomic E-state index is 0.367. The Kier molecular flexibility index (Phi) is 4.91. The summed E-state index contributed by atoms with van der Waals surface area (Å²) in [4.78, 5) is 4.12. The summed E-state index contributed by atoms with van der Waals surface area (Å²) in [5.41, 5.74) is 8.78. The lowest BCUT2D eigenvalue weighted by Crippen LogP contribution is -2.03. The topological polar surface area (TPSA) is 65.4 Å². The number of aryl methyl sites for hydroxylation is 1. The van der Waals surface area contributed by atoms with Gasteiger partial charge in [0, 0.05) is 12.0 Å². The van der Waals surface area contributed by atoms with Crippen LogP contribution in [0.5, 0.6) is 5.75 Å². The first-order valence-corrected chi connectivity index (χ1v) is 7.84. The SMILES string of the molecule is Cc1cn(N=Cc2ccccc2OCCc2ccccc2)c(N)n1. The van der Waals surface area contributed by atoms with Crippen LogP contribution in [0.4, 0.5) is 5.95 Å². The van der Waals surface area contributed by atoms with E-state index in [-0.39, 0.29) is 0 Å². The van der Waals surface area contributed by atoms with Gasteiger partial charge in [0.1, 0.15) is 5.75 Å². The van der Waals surface area contributed by atoms with Gasteiger partial charge >= 0.3 is 0 Å². The van der Waals surface area contributed by atoms with Gasteiger partial charge in [-0.1, -0.05) is 42.5 Å². The van der Waals surface area contributed by atoms with Crippen molar-refractivity contribution in [3.63, 3.8) is 0 Å². The van der Waals surface area contributed by atoms with Gasteiger partial charge in [0.2, 0.25) is 5.95 Å². The molecule has 0 aliphatic rings. The number of hydrogen-bond acceptors (Lipinski definition) is 4. The van der Waals surface area contributed by atoms with Gasteiger partial charge in [0.25, 0.3) is 0 Å². The fraction of sp³-hybridized carbons (Fsp3) is 0.158. The van der Waals surface area contributed by atoms with Crippen LogP contribution in [0.25, 0.3) is 0 Å². The minimum absolute atomic E-state index is 0.367. The normalized spacial score (nSPS) is 11.0. The molecule has 1 heterocycles. The number of anilines is 1. The number of nitrogens with two attached hydrogens (primary N) is 1. The molecule has 0 radical (unpaired) electrons. The second kappa shape index (κ2) is 7.46. The predicted molar refractivity (Wildman–Crippen MR) is 96.5 cm³/mol. The van der Waals surface area contributed by atoms with Crippen LogP contribution in [-0.2, 0) is 6.42 Å². The molecule has 2 aromatic carbocycles. The second-order valence-corrected chi connectivity index (χ2v) is 5.45. The highest BCUT2D eigenvalue weighted by Crippen LogP contribution is 2.17. The van der Waals surface area contributed by atoms with Crippen molar-refractivity contribution in [3.8, 4) is 5.75 Å². The Morgan fingerprint density at radius 1 is 1.12 bits per heavy atom. The number of aromatic nitrogens is 2. The van der Waals surface area contributed by atoms with Gasteiger partial charge in [-0.25, -0.2) is 9.66 Å². The molecule has 0 fully saturated rings. The summed E-state index contributed by atoms with van der Waals surface area (Å²) in [6.45, 7) is 2.49. The van der Waals surface area contributed by atoms with Crippen LogP contribution < -0.4 is 10.5 Å². The van der Waals surface area contributed by atoms with E-state index in [1.807, 2.05) is 49.4 Å². The molecule has 0 atom stereocenters. The largest absolute Gasteiger partial charge is 0.493 e. The lowest BCUT2D eigenvalue weighted by molar-refractivity contribution is 0.321. The zero-order valence-corrected chi connectivity index (χ0v) is 13.6. The van der Waals surface area contributed by atoms with E-state index in [9.17, 15) is 0 Å². The molecule has 2 N–H and O–H groups in total. The second-order valence-electron chi connectivity index (χ2n) is 5.45. The van der Waals surface area contributed by atoms with Crippen LogP contribution >= 0.6 is 0 Å². The monoisotopic (exact) mass is 320 g/mol. The highest BCUT2D eigenvalue weighted by molar-refractivity contribution is 5.83. The standard InChI is InChI=1S/C19H20N4O/c1-15-14-23(19(20)22-15)21-13-17-9-5-6-10-18(17)24-12-11-16-7-3-2-4-8-16/h2-10,13-14H,11-12H2,1H3,(H2,20,22). The van der Waals surface area contributed by atoms with Crippen molar-refractivity contribution in [2.24, 2.45) is 5.10 Å². The Morgan fingerprint density at radius 3 is 2.62 bits per heavy atom. The van der Waals surface area contributed by atoms with Crippen molar-refractivity contribution in [1.29, 1.82) is 0 Å². The van der Waals surface area contributed by atoms with Crippen molar-refractivity contribution < 1.29 is 4.74 Å². The number of imidazole rings is 1. The smallest absolute Gasteiger partial charge is 0.221 e. The highest BCUT2D eigenvalue weighted by atomic mass is 16.5. The quantitative estimate of drug-likeness (QED) is 0.709. The van der Waals surface area contributed by atoms with Crippen molar-refractivity contribution in [1.82, 2.24) is 9.66 Å². The fourth-order valence-electron chi connectivity index (χ4n) is 2.36. The number of hydrogen-bond donors (Lipinski definition) is 1. The summed E-state index contributed by atoms with van der Waals surface area (Å²) in [5.74, 6) is 1.17. The third-order valence-corrected chi connectivity index (χ3v) is 3.57. The minimum Gasteiger partial charge on any atom is -0.493 e. The molecule has 0 spiro atoms. The summed E-state index contributed by atoms with van der Waals surface area (Å²) < 4.78 is 7.47. The Morgan fingerprint density at radius 2 is 1.88 bits per heavy atom. The predicted octanol–water partition coefficient (Wildman–Crippen LogP) is 3.28. The molecule has 1 aromatic heterocycles. The van der Waals surface area contributed by atoms with Crippen LogP contribution in [-0.4, -0.2) is 22.5 Å². The van der Waals surface area contributed by atoms with Gasteiger partial charge in [-0.3, -0.25) is 0 Å². The van der Waals surface area contributed by atoms with Gasteiger partial charge < -0.3 is 10.5 Å². The lowest BCUT2D eigenvalue weighted by atomic mass is 10.2. The molecular weight excluding hydrogens is 300 g/mol. The van der Waals surface area contributed by atoms with Gasteiger partial charge in [-0.2, -0.15) is 5.10 Å². The molecular formula is C19H20N4O. The zero-order chi connectivity index (χ0) is 16.8. The van der Waals surface area contributed by atoms with E-state index in [2.05, 4.69) is 22.2 Å². The fourth-order valence-corrected chi connectivity index (χ4v) is 2.36. The van der Waals surface area contributed by atoms with E-state index in [0.29, 0.717) is 12.6 Å². The summed E-state index contributed by atoms with van der Waals surface area (Å²) in [7, 11) is 0. The molecule has 0 aliphatic carbocycles. The maximum absolute atomic E-state index is 5.92. The number of rotatable bonds is 6. The first-order valence-electron chi connectivity index (χ1n) is 7.84. The van der Waals surface area contributed by atoms with Gasteiger partial charge in [0.15, 0.2) is 0 Å². The maximum atomic E-state index is 5.92. The Labute approximate surface area is 141 Å². The van der Waals surface area contributed by atoms with E-state index in [1.54, 1.807) is 17.1 Å². The van der Waals surface area contributed by atoms with Gasteiger partial charge in [-0.15, -0.1) is 0 Å². The number of para-hydroxylation sites is 1. The molecule has 0 saturated heterocycles. The number of nitrogens with zero attached hydrogens (tertiary/aromatic N) is 3. The molecule has 5 heteroatoms. The Hall–Kier alpha value is -3.08. The van der Waals surface area contributed by atoms with Crippen LogP contribution in [0.15, 0.2) is 65.9 Å². The van der Waals surface area contributed by atoms with E-state index in [4.69, 9.17) is 10.5 Å². The summed E-state index contributed by atoms with van der Waals surface area (Å²) in [6.07, 6.45) is 4.38. The zero-order valence-electron chi connectivity index (χ0n) is 13.6. The molecule has 24 heavy (non-hydrogen) atoms. The number of benzene rings is 2. The van der Waals surface area contributed by atoms with Crippen LogP contribution in [0.1, 0.15) is 16.8 Å². The van der Waals surface area contributed by atoms with Crippen LogP contribution in [0.2, 0.25) is 0 Å². The van der Waals surface area contributed by atoms with Gasteiger partial charge in [-0.05, 0) is 24.6 Å². The molecule has 0 amide bonds. The van der Waals surface area contributed by atoms with Crippen molar-refractivity contribution >= 4 is 12.2 Å². The molecule has 122 valence electrons. The summed E-state index contributed by atoms with van der Waals surface area (Å²) >= 11 is 0. The van der Waals surface area contributed by atoms with E-state index < -0.39 is 0 Å². The molecule has 5 nitrogen and oxygen atoms in total. The first kappa shape index (κ1) is 15.8. The Bertz CT molecular complexity index is 824. The van der Waals surface area contributed by atoms with Crippen molar-refractivity contribution in [2.45, 2.75) is 13.3 Å². The number of ether oxygens (including phenoxy) is 1. The third kappa shape index (κ3) is 4.01. The molecule has 0 saturated carbocycles. The average Bonchev–Trinajstić information content (AvgIpc) is 2.92. The molecule has 0 unspecified atom stereocenters. The molecule has 0 bridgehead atoms. The Balaban J connectivity index is 1.67. The van der Waals surface area contributed by atoms with Crippen LogP contribution in [0, 0.1) is 6.92 Å². The highest BCUT2D eigenvalue weighted by Gasteiger charge is 2.03.